The fourth-order valence-electron chi connectivity index (χ4n) is 2.34. The molecule has 1 aliphatic rings. The predicted octanol–water partition coefficient (Wildman–Crippen LogP) is 4.33. The molecule has 0 aromatic heterocycles. The first kappa shape index (κ1) is 12.4. The lowest BCUT2D eigenvalue weighted by Gasteiger charge is -2.24. The molecule has 0 aliphatic heterocycles. The first-order valence-electron chi connectivity index (χ1n) is 6.80. The molecule has 0 saturated heterocycles. The van der Waals surface area contributed by atoms with Crippen LogP contribution < -0.4 is 4.90 Å². The molecule has 94 valence electrons. The van der Waals surface area contributed by atoms with Crippen molar-refractivity contribution in [3.05, 3.63) is 29.6 Å². The summed E-state index contributed by atoms with van der Waals surface area (Å²) in [5.41, 5.74) is 1.96. The fourth-order valence-corrected chi connectivity index (χ4v) is 2.34. The van der Waals surface area contributed by atoms with E-state index in [0.717, 1.165) is 31.6 Å². The first-order chi connectivity index (χ1) is 8.26. The van der Waals surface area contributed by atoms with Crippen molar-refractivity contribution in [3.8, 4) is 0 Å². The van der Waals surface area contributed by atoms with Crippen molar-refractivity contribution >= 4 is 5.69 Å². The van der Waals surface area contributed by atoms with Crippen LogP contribution in [0.5, 0.6) is 0 Å². The van der Waals surface area contributed by atoms with Gasteiger partial charge in [0, 0.05) is 13.1 Å². The van der Waals surface area contributed by atoms with Crippen molar-refractivity contribution < 1.29 is 4.39 Å². The SMILES string of the molecule is CCCN(CCC)c1ccc(C2CC2)cc1F. The van der Waals surface area contributed by atoms with Gasteiger partial charge in [0.15, 0.2) is 0 Å². The molecule has 0 atom stereocenters. The summed E-state index contributed by atoms with van der Waals surface area (Å²) in [5, 5.41) is 0. The maximum atomic E-state index is 14.1. The Morgan fingerprint density at radius 1 is 1.18 bits per heavy atom. The number of rotatable bonds is 6. The Morgan fingerprint density at radius 2 is 1.82 bits per heavy atom. The van der Waals surface area contributed by atoms with Crippen LogP contribution in [0.1, 0.15) is 51.0 Å². The molecule has 1 saturated carbocycles. The van der Waals surface area contributed by atoms with Gasteiger partial charge in [0.05, 0.1) is 5.69 Å². The van der Waals surface area contributed by atoms with Crippen LogP contribution in [-0.4, -0.2) is 13.1 Å². The molecule has 0 heterocycles. The molecule has 1 nitrogen and oxygen atoms in total. The first-order valence-corrected chi connectivity index (χ1v) is 6.80. The van der Waals surface area contributed by atoms with Crippen molar-refractivity contribution in [2.24, 2.45) is 0 Å². The maximum absolute atomic E-state index is 14.1. The third-order valence-electron chi connectivity index (χ3n) is 3.35. The molecular formula is C15H22FN. The number of anilines is 1. The Morgan fingerprint density at radius 3 is 2.29 bits per heavy atom. The quantitative estimate of drug-likeness (QED) is 0.709. The van der Waals surface area contributed by atoms with E-state index in [2.05, 4.69) is 24.8 Å². The molecule has 1 fully saturated rings. The van der Waals surface area contributed by atoms with Crippen LogP contribution in [0, 0.1) is 5.82 Å². The van der Waals surface area contributed by atoms with Gasteiger partial charge in [-0.15, -0.1) is 0 Å². The minimum absolute atomic E-state index is 0.0451. The van der Waals surface area contributed by atoms with E-state index >= 15 is 0 Å². The molecular weight excluding hydrogens is 213 g/mol. The van der Waals surface area contributed by atoms with Crippen molar-refractivity contribution in [1.29, 1.82) is 0 Å². The highest BCUT2D eigenvalue weighted by atomic mass is 19.1. The molecule has 0 N–H and O–H groups in total. The summed E-state index contributed by atoms with van der Waals surface area (Å²) in [6, 6.07) is 5.81. The second-order valence-electron chi connectivity index (χ2n) is 4.97. The zero-order chi connectivity index (χ0) is 12.3. The fraction of sp³-hybridized carbons (Fsp3) is 0.600. The van der Waals surface area contributed by atoms with Gasteiger partial charge in [0.2, 0.25) is 0 Å². The second-order valence-corrected chi connectivity index (χ2v) is 4.97. The van der Waals surface area contributed by atoms with E-state index in [1.54, 1.807) is 6.07 Å². The van der Waals surface area contributed by atoms with E-state index in [1.807, 2.05) is 6.07 Å². The van der Waals surface area contributed by atoms with E-state index in [0.29, 0.717) is 5.92 Å². The standard InChI is InChI=1S/C15H22FN/c1-3-9-17(10-4-2)15-8-7-13(11-14(15)16)12-5-6-12/h7-8,11-12H,3-6,9-10H2,1-2H3. The summed E-state index contributed by atoms with van der Waals surface area (Å²) >= 11 is 0. The van der Waals surface area contributed by atoms with Crippen LogP contribution in [0.3, 0.4) is 0 Å². The van der Waals surface area contributed by atoms with E-state index in [9.17, 15) is 4.39 Å². The average Bonchev–Trinajstić information content (AvgIpc) is 3.12. The Kier molecular flexibility index (Phi) is 4.03. The Bertz CT molecular complexity index is 365. The lowest BCUT2D eigenvalue weighted by molar-refractivity contribution is 0.611. The van der Waals surface area contributed by atoms with Gasteiger partial charge in [-0.3, -0.25) is 0 Å². The number of benzene rings is 1. The van der Waals surface area contributed by atoms with Crippen molar-refractivity contribution in [1.82, 2.24) is 0 Å². The van der Waals surface area contributed by atoms with Crippen molar-refractivity contribution in [2.45, 2.75) is 45.4 Å². The van der Waals surface area contributed by atoms with E-state index in [-0.39, 0.29) is 5.82 Å². The predicted molar refractivity (Wildman–Crippen MR) is 71.2 cm³/mol. The van der Waals surface area contributed by atoms with Crippen LogP contribution in [-0.2, 0) is 0 Å². The Balaban J connectivity index is 2.17. The Labute approximate surface area is 104 Å². The summed E-state index contributed by atoms with van der Waals surface area (Å²) < 4.78 is 14.1. The van der Waals surface area contributed by atoms with Gasteiger partial charge in [0.25, 0.3) is 0 Å². The number of hydrogen-bond acceptors (Lipinski definition) is 1. The monoisotopic (exact) mass is 235 g/mol. The van der Waals surface area contributed by atoms with Crippen molar-refractivity contribution in [3.63, 3.8) is 0 Å². The molecule has 1 aliphatic carbocycles. The average molecular weight is 235 g/mol. The molecule has 1 aromatic rings. The number of nitrogens with zero attached hydrogens (tertiary/aromatic N) is 1. The zero-order valence-electron chi connectivity index (χ0n) is 10.9. The van der Waals surface area contributed by atoms with Gasteiger partial charge in [-0.05, 0) is 49.3 Å². The smallest absolute Gasteiger partial charge is 0.146 e. The van der Waals surface area contributed by atoms with Crippen LogP contribution >= 0.6 is 0 Å². The lowest BCUT2D eigenvalue weighted by atomic mass is 10.1. The normalized spacial score (nSPS) is 15.0. The van der Waals surface area contributed by atoms with Gasteiger partial charge < -0.3 is 4.90 Å². The van der Waals surface area contributed by atoms with E-state index < -0.39 is 0 Å². The molecule has 0 spiro atoms. The molecule has 1 aromatic carbocycles. The van der Waals surface area contributed by atoms with Gasteiger partial charge in [0.1, 0.15) is 5.82 Å². The maximum Gasteiger partial charge on any atom is 0.146 e. The van der Waals surface area contributed by atoms with Gasteiger partial charge in [-0.1, -0.05) is 19.9 Å². The highest BCUT2D eigenvalue weighted by Gasteiger charge is 2.24. The molecule has 0 amide bonds. The third kappa shape index (κ3) is 2.99. The highest BCUT2D eigenvalue weighted by Crippen LogP contribution is 2.41. The molecule has 2 rings (SSSR count). The largest absolute Gasteiger partial charge is 0.369 e. The van der Waals surface area contributed by atoms with Gasteiger partial charge >= 0.3 is 0 Å². The minimum Gasteiger partial charge on any atom is -0.369 e. The molecule has 0 unspecified atom stereocenters. The summed E-state index contributed by atoms with van der Waals surface area (Å²) in [6.07, 6.45) is 4.58. The van der Waals surface area contributed by atoms with Gasteiger partial charge in [-0.25, -0.2) is 4.39 Å². The number of halogens is 1. The number of hydrogen-bond donors (Lipinski definition) is 0. The molecule has 2 heteroatoms. The van der Waals surface area contributed by atoms with Crippen LogP contribution in [0.4, 0.5) is 10.1 Å². The van der Waals surface area contributed by atoms with Crippen molar-refractivity contribution in [2.75, 3.05) is 18.0 Å². The van der Waals surface area contributed by atoms with E-state index in [4.69, 9.17) is 0 Å². The summed E-state index contributed by atoms with van der Waals surface area (Å²) in [4.78, 5) is 2.16. The van der Waals surface area contributed by atoms with Gasteiger partial charge in [-0.2, -0.15) is 0 Å². The summed E-state index contributed by atoms with van der Waals surface area (Å²) in [7, 11) is 0. The second kappa shape index (κ2) is 5.52. The Hall–Kier alpha value is -1.05. The zero-order valence-corrected chi connectivity index (χ0v) is 10.9. The molecule has 17 heavy (non-hydrogen) atoms. The van der Waals surface area contributed by atoms with Crippen LogP contribution in [0.25, 0.3) is 0 Å². The molecule has 0 radical (unpaired) electrons. The molecule has 0 bridgehead atoms. The topological polar surface area (TPSA) is 3.24 Å². The lowest BCUT2D eigenvalue weighted by Crippen LogP contribution is -2.25. The summed E-state index contributed by atoms with van der Waals surface area (Å²) in [5.74, 6) is 0.584. The van der Waals surface area contributed by atoms with Crippen LogP contribution in [0.2, 0.25) is 0 Å². The van der Waals surface area contributed by atoms with E-state index in [1.165, 1.54) is 18.4 Å². The van der Waals surface area contributed by atoms with Crippen LogP contribution in [0.15, 0.2) is 18.2 Å². The highest BCUT2D eigenvalue weighted by molar-refractivity contribution is 5.50. The third-order valence-corrected chi connectivity index (χ3v) is 3.35. The summed E-state index contributed by atoms with van der Waals surface area (Å²) in [6.45, 7) is 6.15. The minimum atomic E-state index is -0.0451.